The molecule has 0 radical (unpaired) electrons. The van der Waals surface area contributed by atoms with Gasteiger partial charge in [0.05, 0.1) is 4.90 Å². The molecule has 102 valence electrons. The first-order chi connectivity index (χ1) is 8.59. The van der Waals surface area contributed by atoms with E-state index in [-0.39, 0.29) is 0 Å². The van der Waals surface area contributed by atoms with Crippen molar-refractivity contribution in [2.45, 2.75) is 36.1 Å². The summed E-state index contributed by atoms with van der Waals surface area (Å²) in [5.74, 6) is 0.653. The second-order valence-corrected chi connectivity index (χ2v) is 6.70. The largest absolute Gasteiger partial charge is 0.382 e. The van der Waals surface area contributed by atoms with Gasteiger partial charge in [-0.2, -0.15) is 4.37 Å². The number of nitrogens with zero attached hydrogens (tertiary/aromatic N) is 2. The molecule has 2 rings (SSSR count). The van der Waals surface area contributed by atoms with Crippen LogP contribution in [0.5, 0.6) is 0 Å². The van der Waals surface area contributed by atoms with E-state index < -0.39 is 0 Å². The van der Waals surface area contributed by atoms with E-state index in [1.807, 2.05) is 6.26 Å². The first kappa shape index (κ1) is 14.0. The zero-order valence-corrected chi connectivity index (χ0v) is 13.0. The van der Waals surface area contributed by atoms with Gasteiger partial charge in [0.15, 0.2) is 5.82 Å². The number of aromatic nitrogens is 1. The Morgan fingerprint density at radius 2 is 2.11 bits per heavy atom. The van der Waals surface area contributed by atoms with Gasteiger partial charge in [-0.05, 0) is 44.7 Å². The van der Waals surface area contributed by atoms with Gasteiger partial charge in [0.1, 0.15) is 5.00 Å². The highest BCUT2D eigenvalue weighted by molar-refractivity contribution is 7.99. The van der Waals surface area contributed by atoms with Gasteiger partial charge in [-0.3, -0.25) is 0 Å². The number of thioether (sulfide) groups is 1. The molecule has 0 aromatic carbocycles. The summed E-state index contributed by atoms with van der Waals surface area (Å²) in [5.41, 5.74) is 6.16. The van der Waals surface area contributed by atoms with Gasteiger partial charge in [0.25, 0.3) is 0 Å². The highest BCUT2D eigenvalue weighted by Gasteiger charge is 2.35. The second-order valence-electron chi connectivity index (χ2n) is 5.11. The number of nitrogens with two attached hydrogens (primary N) is 1. The van der Waals surface area contributed by atoms with E-state index in [1.54, 1.807) is 11.8 Å². The molecule has 0 saturated heterocycles. The number of likely N-dealkylation sites (N-methyl/N-ethyl adjacent to an activating group) is 1. The molecule has 1 fully saturated rings. The van der Waals surface area contributed by atoms with Crippen molar-refractivity contribution < 1.29 is 0 Å². The van der Waals surface area contributed by atoms with Crippen molar-refractivity contribution in [3.05, 3.63) is 0 Å². The molecule has 1 heterocycles. The smallest absolute Gasteiger partial charge is 0.153 e. The van der Waals surface area contributed by atoms with Gasteiger partial charge in [-0.15, -0.1) is 11.8 Å². The van der Waals surface area contributed by atoms with Crippen molar-refractivity contribution in [3.8, 4) is 0 Å². The average molecular weight is 286 g/mol. The topological polar surface area (TPSA) is 54.2 Å². The predicted molar refractivity (Wildman–Crippen MR) is 81.7 cm³/mol. The van der Waals surface area contributed by atoms with E-state index in [0.717, 1.165) is 16.4 Å². The van der Waals surface area contributed by atoms with Crippen LogP contribution in [0.15, 0.2) is 4.90 Å². The van der Waals surface area contributed by atoms with Crippen LogP contribution in [0.4, 0.5) is 10.8 Å². The Hall–Kier alpha value is -0.460. The number of hydrogen-bond acceptors (Lipinski definition) is 6. The normalized spacial score (nSPS) is 18.4. The van der Waals surface area contributed by atoms with E-state index in [4.69, 9.17) is 5.73 Å². The number of hydrogen-bond donors (Lipinski definition) is 2. The van der Waals surface area contributed by atoms with Crippen molar-refractivity contribution in [1.29, 1.82) is 0 Å². The highest BCUT2D eigenvalue weighted by Crippen LogP contribution is 2.38. The van der Waals surface area contributed by atoms with Crippen molar-refractivity contribution in [2.75, 3.05) is 37.9 Å². The quantitative estimate of drug-likeness (QED) is 0.815. The molecule has 0 spiro atoms. The molecule has 0 unspecified atom stereocenters. The maximum atomic E-state index is 5.86. The van der Waals surface area contributed by atoms with Crippen LogP contribution < -0.4 is 11.1 Å². The predicted octanol–water partition coefficient (Wildman–Crippen LogP) is 2.73. The molecule has 1 saturated carbocycles. The van der Waals surface area contributed by atoms with E-state index in [9.17, 15) is 0 Å². The minimum absolute atomic E-state index is 0.300. The number of rotatable bonds is 5. The highest BCUT2D eigenvalue weighted by atomic mass is 32.2. The first-order valence-corrected chi connectivity index (χ1v) is 8.29. The van der Waals surface area contributed by atoms with Crippen LogP contribution in [0.1, 0.15) is 25.7 Å². The molecule has 18 heavy (non-hydrogen) atoms. The fourth-order valence-electron chi connectivity index (χ4n) is 2.66. The maximum absolute atomic E-state index is 5.86. The lowest BCUT2D eigenvalue weighted by molar-refractivity contribution is 0.172. The maximum Gasteiger partial charge on any atom is 0.153 e. The molecule has 0 atom stereocenters. The first-order valence-electron chi connectivity index (χ1n) is 6.29. The number of nitrogens with one attached hydrogen (secondary N) is 1. The zero-order valence-electron chi connectivity index (χ0n) is 11.3. The summed E-state index contributed by atoms with van der Waals surface area (Å²) in [6.07, 6.45) is 7.26. The zero-order chi connectivity index (χ0) is 13.2. The van der Waals surface area contributed by atoms with E-state index in [1.165, 1.54) is 37.2 Å². The molecular weight excluding hydrogens is 264 g/mol. The molecule has 0 bridgehead atoms. The van der Waals surface area contributed by atoms with Crippen LogP contribution in [-0.2, 0) is 0 Å². The molecule has 1 aromatic rings. The minimum Gasteiger partial charge on any atom is -0.382 e. The van der Waals surface area contributed by atoms with Gasteiger partial charge in [0, 0.05) is 12.1 Å². The molecule has 0 aliphatic heterocycles. The average Bonchev–Trinajstić information content (AvgIpc) is 2.94. The summed E-state index contributed by atoms with van der Waals surface area (Å²) in [6, 6.07) is 0. The number of anilines is 2. The van der Waals surface area contributed by atoms with Gasteiger partial charge in [-0.25, -0.2) is 0 Å². The molecule has 1 aliphatic carbocycles. The summed E-state index contributed by atoms with van der Waals surface area (Å²) in [7, 11) is 4.37. The number of nitrogen functional groups attached to an aromatic ring is 1. The van der Waals surface area contributed by atoms with Crippen LogP contribution in [0, 0.1) is 0 Å². The fourth-order valence-corrected chi connectivity index (χ4v) is 4.20. The van der Waals surface area contributed by atoms with Crippen LogP contribution in [-0.4, -0.2) is 41.7 Å². The summed E-state index contributed by atoms with van der Waals surface area (Å²) in [6.45, 7) is 0.981. The summed E-state index contributed by atoms with van der Waals surface area (Å²) in [5, 5.41) is 4.68. The standard InChI is InChI=1S/C12H22N4S2/c1-16(2)12(6-4-5-7-12)8-14-11-9(17-3)10(13)15-18-11/h14H,4-8H2,1-3H3,(H2,13,15). The van der Waals surface area contributed by atoms with Gasteiger partial charge in [-0.1, -0.05) is 12.8 Å². The van der Waals surface area contributed by atoms with Crippen molar-refractivity contribution in [3.63, 3.8) is 0 Å². The van der Waals surface area contributed by atoms with Crippen LogP contribution in [0.2, 0.25) is 0 Å². The molecule has 4 nitrogen and oxygen atoms in total. The molecule has 1 aliphatic rings. The second kappa shape index (κ2) is 5.67. The van der Waals surface area contributed by atoms with Gasteiger partial charge < -0.3 is 16.0 Å². The molecular formula is C12H22N4S2. The Balaban J connectivity index is 2.05. The third-order valence-electron chi connectivity index (χ3n) is 3.94. The lowest BCUT2D eigenvalue weighted by Crippen LogP contribution is -2.47. The molecule has 0 amide bonds. The van der Waals surface area contributed by atoms with Crippen molar-refractivity contribution >= 4 is 34.1 Å². The molecule has 1 aromatic heterocycles. The summed E-state index contributed by atoms with van der Waals surface area (Å²) in [4.78, 5) is 3.46. The van der Waals surface area contributed by atoms with Crippen LogP contribution in [0.25, 0.3) is 0 Å². The lowest BCUT2D eigenvalue weighted by Gasteiger charge is -2.36. The van der Waals surface area contributed by atoms with E-state index >= 15 is 0 Å². The Morgan fingerprint density at radius 1 is 1.44 bits per heavy atom. The summed E-state index contributed by atoms with van der Waals surface area (Å²) >= 11 is 3.13. The Morgan fingerprint density at radius 3 is 2.67 bits per heavy atom. The van der Waals surface area contributed by atoms with Gasteiger partial charge >= 0.3 is 0 Å². The van der Waals surface area contributed by atoms with Crippen molar-refractivity contribution in [2.24, 2.45) is 0 Å². The summed E-state index contributed by atoms with van der Waals surface area (Å²) < 4.78 is 4.22. The third kappa shape index (κ3) is 2.60. The van der Waals surface area contributed by atoms with E-state index in [0.29, 0.717) is 11.4 Å². The minimum atomic E-state index is 0.300. The van der Waals surface area contributed by atoms with Crippen LogP contribution >= 0.6 is 23.3 Å². The van der Waals surface area contributed by atoms with E-state index in [2.05, 4.69) is 28.7 Å². The van der Waals surface area contributed by atoms with Gasteiger partial charge in [0.2, 0.25) is 0 Å². The Bertz CT molecular complexity index is 397. The van der Waals surface area contributed by atoms with Crippen molar-refractivity contribution in [1.82, 2.24) is 9.27 Å². The monoisotopic (exact) mass is 286 g/mol. The molecule has 6 heteroatoms. The Kier molecular flexibility index (Phi) is 4.40. The third-order valence-corrected chi connectivity index (χ3v) is 5.71. The lowest BCUT2D eigenvalue weighted by atomic mass is 9.96. The Labute approximate surface area is 117 Å². The SMILES string of the molecule is CSc1c(N)nsc1NCC1(N(C)C)CCCC1. The fraction of sp³-hybridized carbons (Fsp3) is 0.750. The molecule has 3 N–H and O–H groups in total. The van der Waals surface area contributed by atoms with Crippen LogP contribution in [0.3, 0.4) is 0 Å².